The summed E-state index contributed by atoms with van der Waals surface area (Å²) in [5.74, 6) is -0.170. The molecule has 3 rings (SSSR count). The summed E-state index contributed by atoms with van der Waals surface area (Å²) in [6, 6.07) is 5.94. The lowest BCUT2D eigenvalue weighted by Crippen LogP contribution is -2.44. The molecule has 0 radical (unpaired) electrons. The van der Waals surface area contributed by atoms with Crippen LogP contribution in [0, 0.1) is 0 Å². The molecule has 110 valence electrons. The van der Waals surface area contributed by atoms with Crippen LogP contribution in [0.3, 0.4) is 0 Å². The smallest absolute Gasteiger partial charge is 0.328 e. The number of nitrogens with zero attached hydrogens (tertiary/aromatic N) is 3. The van der Waals surface area contributed by atoms with Crippen molar-refractivity contribution in [2.75, 3.05) is 24.7 Å². The third kappa shape index (κ3) is 2.62. The average molecular weight is 287 g/mol. The molecule has 0 spiro atoms. The molecule has 0 amide bonds. The predicted octanol–water partition coefficient (Wildman–Crippen LogP) is 1.66. The van der Waals surface area contributed by atoms with Gasteiger partial charge in [0.05, 0.1) is 24.9 Å². The number of fused-ring (bicyclic) bond motifs is 1. The van der Waals surface area contributed by atoms with Crippen molar-refractivity contribution in [2.45, 2.75) is 13.0 Å². The summed E-state index contributed by atoms with van der Waals surface area (Å²) in [4.78, 5) is 17.7. The Bertz CT molecular complexity index is 693. The van der Waals surface area contributed by atoms with Gasteiger partial charge < -0.3 is 14.7 Å². The van der Waals surface area contributed by atoms with E-state index in [0.717, 1.165) is 29.8 Å². The van der Waals surface area contributed by atoms with Gasteiger partial charge in [-0.1, -0.05) is 6.07 Å². The molecular weight excluding hydrogens is 270 g/mol. The minimum Gasteiger partial charge on any atom is -0.478 e. The summed E-state index contributed by atoms with van der Waals surface area (Å²) in [5.41, 5.74) is 1.58. The Morgan fingerprint density at radius 2 is 2.38 bits per heavy atom. The third-order valence-electron chi connectivity index (χ3n) is 3.57. The van der Waals surface area contributed by atoms with Crippen LogP contribution in [0.5, 0.6) is 0 Å². The van der Waals surface area contributed by atoms with Crippen molar-refractivity contribution in [1.82, 2.24) is 9.38 Å². The largest absolute Gasteiger partial charge is 0.478 e. The van der Waals surface area contributed by atoms with E-state index in [9.17, 15) is 4.79 Å². The van der Waals surface area contributed by atoms with Crippen LogP contribution in [0.25, 0.3) is 11.7 Å². The monoisotopic (exact) mass is 287 g/mol. The molecule has 6 heteroatoms. The molecule has 21 heavy (non-hydrogen) atoms. The minimum atomic E-state index is -0.971. The predicted molar refractivity (Wildman–Crippen MR) is 79.5 cm³/mol. The SMILES string of the molecule is CC1COCCN1c1nc2ccccn2c1/C=C/C(=O)O. The van der Waals surface area contributed by atoms with Gasteiger partial charge in [-0.25, -0.2) is 9.78 Å². The number of rotatable bonds is 3. The lowest BCUT2D eigenvalue weighted by Gasteiger charge is -2.33. The highest BCUT2D eigenvalue weighted by molar-refractivity contribution is 5.86. The molecule has 1 N–H and O–H groups in total. The highest BCUT2D eigenvalue weighted by Crippen LogP contribution is 2.26. The first kappa shape index (κ1) is 13.6. The first-order valence-electron chi connectivity index (χ1n) is 6.89. The van der Waals surface area contributed by atoms with Crippen molar-refractivity contribution >= 4 is 23.5 Å². The normalized spacial score (nSPS) is 19.5. The Morgan fingerprint density at radius 1 is 1.52 bits per heavy atom. The summed E-state index contributed by atoms with van der Waals surface area (Å²) in [6.07, 6.45) is 4.63. The summed E-state index contributed by atoms with van der Waals surface area (Å²) < 4.78 is 7.36. The lowest BCUT2D eigenvalue weighted by atomic mass is 10.2. The van der Waals surface area contributed by atoms with Gasteiger partial charge in [-0.05, 0) is 25.1 Å². The topological polar surface area (TPSA) is 67.1 Å². The Balaban J connectivity index is 2.11. The van der Waals surface area contributed by atoms with Crippen LogP contribution in [-0.4, -0.2) is 46.3 Å². The van der Waals surface area contributed by atoms with Gasteiger partial charge in [-0.3, -0.25) is 4.40 Å². The number of carboxylic acid groups (broad SMARTS) is 1. The molecule has 3 heterocycles. The molecule has 0 aromatic carbocycles. The Labute approximate surface area is 122 Å². The number of hydrogen-bond donors (Lipinski definition) is 1. The van der Waals surface area contributed by atoms with Crippen LogP contribution < -0.4 is 4.90 Å². The number of hydrogen-bond acceptors (Lipinski definition) is 4. The van der Waals surface area contributed by atoms with Crippen molar-refractivity contribution in [1.29, 1.82) is 0 Å². The fourth-order valence-corrected chi connectivity index (χ4v) is 2.56. The fourth-order valence-electron chi connectivity index (χ4n) is 2.56. The zero-order valence-corrected chi connectivity index (χ0v) is 11.8. The standard InChI is InChI=1S/C15H17N3O3/c1-11-10-21-9-8-17(11)15-12(5-6-14(19)20)18-7-3-2-4-13(18)16-15/h2-7,11H,8-10H2,1H3,(H,19,20)/b6-5+. The van der Waals surface area contributed by atoms with Crippen LogP contribution in [0.15, 0.2) is 30.5 Å². The first-order chi connectivity index (χ1) is 10.2. The number of carbonyl (C=O) groups is 1. The molecule has 1 atom stereocenters. The Hall–Kier alpha value is -2.34. The molecule has 6 nitrogen and oxygen atoms in total. The molecule has 1 fully saturated rings. The number of pyridine rings is 1. The maximum Gasteiger partial charge on any atom is 0.328 e. The molecule has 0 saturated carbocycles. The van der Waals surface area contributed by atoms with Crippen LogP contribution >= 0.6 is 0 Å². The molecule has 2 aromatic rings. The van der Waals surface area contributed by atoms with Crippen molar-refractivity contribution in [2.24, 2.45) is 0 Å². The Morgan fingerprint density at radius 3 is 3.14 bits per heavy atom. The summed E-state index contributed by atoms with van der Waals surface area (Å²) in [5, 5.41) is 8.89. The van der Waals surface area contributed by atoms with Crippen LogP contribution in [0.4, 0.5) is 5.82 Å². The Kier molecular flexibility index (Phi) is 3.62. The second-order valence-corrected chi connectivity index (χ2v) is 5.04. The van der Waals surface area contributed by atoms with E-state index in [2.05, 4.69) is 16.8 Å². The van der Waals surface area contributed by atoms with E-state index in [1.54, 1.807) is 6.08 Å². The number of aliphatic carboxylic acids is 1. The number of aromatic nitrogens is 2. The van der Waals surface area contributed by atoms with E-state index in [0.29, 0.717) is 13.2 Å². The van der Waals surface area contributed by atoms with E-state index in [-0.39, 0.29) is 6.04 Å². The quantitative estimate of drug-likeness (QED) is 0.870. The molecule has 1 aliphatic heterocycles. The van der Waals surface area contributed by atoms with Crippen molar-refractivity contribution < 1.29 is 14.6 Å². The average Bonchev–Trinajstić information content (AvgIpc) is 2.84. The van der Waals surface area contributed by atoms with Gasteiger partial charge in [-0.2, -0.15) is 0 Å². The fraction of sp³-hybridized carbons (Fsp3) is 0.333. The summed E-state index contributed by atoms with van der Waals surface area (Å²) in [6.45, 7) is 4.13. The molecule has 1 unspecified atom stereocenters. The zero-order chi connectivity index (χ0) is 14.8. The molecule has 2 aromatic heterocycles. The van der Waals surface area contributed by atoms with Crippen LogP contribution in [0.2, 0.25) is 0 Å². The second-order valence-electron chi connectivity index (χ2n) is 5.04. The lowest BCUT2D eigenvalue weighted by molar-refractivity contribution is -0.131. The van der Waals surface area contributed by atoms with Crippen LogP contribution in [-0.2, 0) is 9.53 Å². The van der Waals surface area contributed by atoms with E-state index in [1.807, 2.05) is 28.8 Å². The third-order valence-corrected chi connectivity index (χ3v) is 3.57. The zero-order valence-electron chi connectivity index (χ0n) is 11.8. The van der Waals surface area contributed by atoms with Gasteiger partial charge in [0, 0.05) is 18.8 Å². The van der Waals surface area contributed by atoms with Gasteiger partial charge in [0.1, 0.15) is 5.65 Å². The van der Waals surface area contributed by atoms with Crippen LogP contribution in [0.1, 0.15) is 12.6 Å². The summed E-state index contributed by atoms with van der Waals surface area (Å²) in [7, 11) is 0. The highest BCUT2D eigenvalue weighted by atomic mass is 16.5. The van der Waals surface area contributed by atoms with E-state index < -0.39 is 5.97 Å². The van der Waals surface area contributed by atoms with Crippen molar-refractivity contribution in [3.8, 4) is 0 Å². The molecule has 1 aliphatic rings. The van der Waals surface area contributed by atoms with Gasteiger partial charge in [-0.15, -0.1) is 0 Å². The van der Waals surface area contributed by atoms with E-state index in [1.165, 1.54) is 0 Å². The van der Waals surface area contributed by atoms with Crippen molar-refractivity contribution in [3.63, 3.8) is 0 Å². The number of anilines is 1. The molecule has 0 bridgehead atoms. The molecule has 0 aliphatic carbocycles. The van der Waals surface area contributed by atoms with Crippen molar-refractivity contribution in [3.05, 3.63) is 36.2 Å². The second kappa shape index (κ2) is 5.57. The maximum absolute atomic E-state index is 10.8. The first-order valence-corrected chi connectivity index (χ1v) is 6.89. The number of carboxylic acids is 1. The highest BCUT2D eigenvalue weighted by Gasteiger charge is 2.24. The van der Waals surface area contributed by atoms with Gasteiger partial charge in [0.25, 0.3) is 0 Å². The minimum absolute atomic E-state index is 0.209. The number of imidazole rings is 1. The van der Waals surface area contributed by atoms with E-state index >= 15 is 0 Å². The maximum atomic E-state index is 10.8. The number of ether oxygens (including phenoxy) is 1. The molecular formula is C15H17N3O3. The molecule has 1 saturated heterocycles. The summed E-state index contributed by atoms with van der Waals surface area (Å²) >= 11 is 0. The number of morpholine rings is 1. The van der Waals surface area contributed by atoms with E-state index in [4.69, 9.17) is 9.84 Å². The van der Waals surface area contributed by atoms with Gasteiger partial charge >= 0.3 is 5.97 Å². The van der Waals surface area contributed by atoms with Gasteiger partial charge in [0.2, 0.25) is 0 Å². The van der Waals surface area contributed by atoms with Gasteiger partial charge in [0.15, 0.2) is 5.82 Å².